The minimum atomic E-state index is -0.201. The first kappa shape index (κ1) is 12.0. The minimum Gasteiger partial charge on any atom is -0.461 e. The summed E-state index contributed by atoms with van der Waals surface area (Å²) in [5.74, 6) is 0.460. The molecule has 1 saturated heterocycles. The van der Waals surface area contributed by atoms with Crippen LogP contribution in [-0.4, -0.2) is 11.8 Å². The summed E-state index contributed by atoms with van der Waals surface area (Å²) in [5.41, 5.74) is 2.95. The van der Waals surface area contributed by atoms with Crippen molar-refractivity contribution in [1.29, 1.82) is 0 Å². The highest BCUT2D eigenvalue weighted by atomic mass is 16.3. The number of fused-ring (bicyclic) bond motifs is 1. The van der Waals surface area contributed by atoms with Gasteiger partial charge in [-0.05, 0) is 31.0 Å². The SMILES string of the molecule is Cc1oc2cc(C3CC(=O)NC(=O)C3)ccc2c1C. The maximum Gasteiger partial charge on any atom is 0.227 e. The van der Waals surface area contributed by atoms with Crippen LogP contribution >= 0.6 is 0 Å². The van der Waals surface area contributed by atoms with Crippen molar-refractivity contribution in [2.45, 2.75) is 32.6 Å². The van der Waals surface area contributed by atoms with Gasteiger partial charge in [0, 0.05) is 24.1 Å². The summed E-state index contributed by atoms with van der Waals surface area (Å²) in [4.78, 5) is 22.8. The highest BCUT2D eigenvalue weighted by Gasteiger charge is 2.26. The second-order valence-corrected chi connectivity index (χ2v) is 5.12. The molecule has 98 valence electrons. The first-order valence-corrected chi connectivity index (χ1v) is 6.37. The van der Waals surface area contributed by atoms with Crippen molar-refractivity contribution in [1.82, 2.24) is 5.32 Å². The van der Waals surface area contributed by atoms with Crippen LogP contribution in [0.2, 0.25) is 0 Å². The Hall–Kier alpha value is -2.10. The van der Waals surface area contributed by atoms with Gasteiger partial charge in [-0.15, -0.1) is 0 Å². The summed E-state index contributed by atoms with van der Waals surface area (Å²) in [6.45, 7) is 3.96. The van der Waals surface area contributed by atoms with E-state index >= 15 is 0 Å². The first-order valence-electron chi connectivity index (χ1n) is 6.37. The van der Waals surface area contributed by atoms with Crippen LogP contribution in [0.5, 0.6) is 0 Å². The summed E-state index contributed by atoms with van der Waals surface area (Å²) in [7, 11) is 0. The maximum atomic E-state index is 11.4. The average Bonchev–Trinajstić information content (AvgIpc) is 2.63. The van der Waals surface area contributed by atoms with Gasteiger partial charge in [0.25, 0.3) is 0 Å². The molecule has 1 N–H and O–H groups in total. The molecule has 3 rings (SSSR count). The topological polar surface area (TPSA) is 59.3 Å². The van der Waals surface area contributed by atoms with E-state index in [9.17, 15) is 9.59 Å². The Morgan fingerprint density at radius 2 is 1.84 bits per heavy atom. The summed E-state index contributed by atoms with van der Waals surface area (Å²) in [5, 5.41) is 3.42. The lowest BCUT2D eigenvalue weighted by Crippen LogP contribution is -2.37. The van der Waals surface area contributed by atoms with Crippen molar-refractivity contribution in [3.05, 3.63) is 35.1 Å². The number of carbonyl (C=O) groups is 2. The van der Waals surface area contributed by atoms with Gasteiger partial charge in [-0.2, -0.15) is 0 Å². The lowest BCUT2D eigenvalue weighted by Gasteiger charge is -2.21. The first-order chi connectivity index (χ1) is 9.04. The van der Waals surface area contributed by atoms with E-state index in [0.29, 0.717) is 12.8 Å². The molecule has 0 radical (unpaired) electrons. The standard InChI is InChI=1S/C15H15NO3/c1-8-9(2)19-13-5-10(3-4-12(8)13)11-6-14(17)16-15(18)7-11/h3-5,11H,6-7H2,1-2H3,(H,16,17,18). The summed E-state index contributed by atoms with van der Waals surface area (Å²) < 4.78 is 5.70. The van der Waals surface area contributed by atoms with E-state index in [0.717, 1.165) is 27.9 Å². The quantitative estimate of drug-likeness (QED) is 0.799. The largest absolute Gasteiger partial charge is 0.461 e. The number of piperidine rings is 1. The van der Waals surface area contributed by atoms with Gasteiger partial charge in [0.2, 0.25) is 11.8 Å². The van der Waals surface area contributed by atoms with Crippen LogP contribution < -0.4 is 5.32 Å². The van der Waals surface area contributed by atoms with E-state index in [2.05, 4.69) is 5.32 Å². The minimum absolute atomic E-state index is 0.0450. The van der Waals surface area contributed by atoms with Crippen LogP contribution in [-0.2, 0) is 9.59 Å². The fourth-order valence-electron chi connectivity index (χ4n) is 2.63. The Kier molecular flexibility index (Phi) is 2.66. The van der Waals surface area contributed by atoms with Crippen LogP contribution in [0.15, 0.2) is 22.6 Å². The average molecular weight is 257 g/mol. The maximum absolute atomic E-state index is 11.4. The Morgan fingerprint density at radius 1 is 1.16 bits per heavy atom. The third-order valence-electron chi connectivity index (χ3n) is 3.81. The molecule has 2 heterocycles. The number of carbonyl (C=O) groups excluding carboxylic acids is 2. The van der Waals surface area contributed by atoms with Crippen molar-refractivity contribution < 1.29 is 14.0 Å². The van der Waals surface area contributed by atoms with Crippen molar-refractivity contribution in [2.24, 2.45) is 0 Å². The molecule has 4 heteroatoms. The molecule has 1 aliphatic heterocycles. The predicted octanol–water partition coefficient (Wildman–Crippen LogP) is 2.57. The van der Waals surface area contributed by atoms with Gasteiger partial charge in [0.05, 0.1) is 0 Å². The van der Waals surface area contributed by atoms with Gasteiger partial charge in [0.15, 0.2) is 0 Å². The van der Waals surface area contributed by atoms with E-state index in [1.807, 2.05) is 32.0 Å². The van der Waals surface area contributed by atoms with Gasteiger partial charge >= 0.3 is 0 Å². The number of hydrogen-bond donors (Lipinski definition) is 1. The zero-order chi connectivity index (χ0) is 13.6. The highest BCUT2D eigenvalue weighted by Crippen LogP contribution is 2.31. The molecule has 1 aromatic carbocycles. The lowest BCUT2D eigenvalue weighted by atomic mass is 9.89. The number of amides is 2. The third kappa shape index (κ3) is 2.03. The molecule has 2 amide bonds. The van der Waals surface area contributed by atoms with Crippen LogP contribution in [0.25, 0.3) is 11.0 Å². The molecule has 4 nitrogen and oxygen atoms in total. The van der Waals surface area contributed by atoms with Crippen molar-refractivity contribution in [3.8, 4) is 0 Å². The molecule has 0 atom stereocenters. The Morgan fingerprint density at radius 3 is 2.53 bits per heavy atom. The molecule has 0 saturated carbocycles. The second-order valence-electron chi connectivity index (χ2n) is 5.12. The normalized spacial score (nSPS) is 16.9. The molecule has 2 aromatic rings. The molecule has 1 fully saturated rings. The zero-order valence-corrected chi connectivity index (χ0v) is 10.9. The Balaban J connectivity index is 2.01. The molecule has 0 bridgehead atoms. The molecule has 1 aromatic heterocycles. The van der Waals surface area contributed by atoms with E-state index in [-0.39, 0.29) is 17.7 Å². The van der Waals surface area contributed by atoms with Crippen molar-refractivity contribution in [2.75, 3.05) is 0 Å². The van der Waals surface area contributed by atoms with Crippen LogP contribution in [0.4, 0.5) is 0 Å². The van der Waals surface area contributed by atoms with Gasteiger partial charge < -0.3 is 4.42 Å². The number of furan rings is 1. The van der Waals surface area contributed by atoms with Crippen molar-refractivity contribution in [3.63, 3.8) is 0 Å². The molecule has 0 spiro atoms. The van der Waals surface area contributed by atoms with E-state index in [4.69, 9.17) is 4.42 Å². The summed E-state index contributed by atoms with van der Waals surface area (Å²) >= 11 is 0. The second kappa shape index (κ2) is 4.23. The molecular weight excluding hydrogens is 242 g/mol. The monoisotopic (exact) mass is 257 g/mol. The van der Waals surface area contributed by atoms with Gasteiger partial charge in [-0.1, -0.05) is 12.1 Å². The highest BCUT2D eigenvalue weighted by molar-refractivity contribution is 5.98. The molecule has 0 unspecified atom stereocenters. The van der Waals surface area contributed by atoms with Crippen LogP contribution in [0.3, 0.4) is 0 Å². The molecular formula is C15H15NO3. The Bertz CT molecular complexity index is 668. The van der Waals surface area contributed by atoms with Gasteiger partial charge in [0.1, 0.15) is 11.3 Å². The van der Waals surface area contributed by atoms with Crippen molar-refractivity contribution >= 4 is 22.8 Å². The number of benzene rings is 1. The predicted molar refractivity (Wildman–Crippen MR) is 70.8 cm³/mol. The summed E-state index contributed by atoms with van der Waals surface area (Å²) in [6.07, 6.45) is 0.714. The lowest BCUT2D eigenvalue weighted by molar-refractivity contribution is -0.133. The molecule has 0 aliphatic carbocycles. The molecule has 19 heavy (non-hydrogen) atoms. The van der Waals surface area contributed by atoms with Gasteiger partial charge in [-0.3, -0.25) is 14.9 Å². The van der Waals surface area contributed by atoms with E-state index in [1.165, 1.54) is 0 Å². The number of nitrogens with one attached hydrogen (secondary N) is 1. The smallest absolute Gasteiger partial charge is 0.227 e. The van der Waals surface area contributed by atoms with Crippen LogP contribution in [0.1, 0.15) is 35.6 Å². The van der Waals surface area contributed by atoms with Crippen LogP contribution in [0, 0.1) is 13.8 Å². The fourth-order valence-corrected chi connectivity index (χ4v) is 2.63. The van der Waals surface area contributed by atoms with E-state index < -0.39 is 0 Å². The van der Waals surface area contributed by atoms with Gasteiger partial charge in [-0.25, -0.2) is 0 Å². The number of aryl methyl sites for hydroxylation is 2. The number of hydrogen-bond acceptors (Lipinski definition) is 3. The fraction of sp³-hybridized carbons (Fsp3) is 0.333. The third-order valence-corrected chi connectivity index (χ3v) is 3.81. The zero-order valence-electron chi connectivity index (χ0n) is 10.9. The summed E-state index contributed by atoms with van der Waals surface area (Å²) in [6, 6.07) is 5.94. The molecule has 1 aliphatic rings. The Labute approximate surface area is 110 Å². The number of imide groups is 1. The number of rotatable bonds is 1. The van der Waals surface area contributed by atoms with E-state index in [1.54, 1.807) is 0 Å².